The van der Waals surface area contributed by atoms with E-state index in [9.17, 15) is 9.59 Å². The zero-order valence-electron chi connectivity index (χ0n) is 11.0. The van der Waals surface area contributed by atoms with Crippen molar-refractivity contribution in [3.8, 4) is 0 Å². The van der Waals surface area contributed by atoms with E-state index in [4.69, 9.17) is 4.74 Å². The summed E-state index contributed by atoms with van der Waals surface area (Å²) >= 11 is 0. The third kappa shape index (κ3) is 2.74. The first-order chi connectivity index (χ1) is 8.74. The average molecular weight is 251 g/mol. The number of hydrogen-bond donors (Lipinski definition) is 0. The Hall–Kier alpha value is -1.32. The maximum atomic E-state index is 12.4. The zero-order chi connectivity index (χ0) is 13.0. The molecule has 1 aliphatic carbocycles. The highest BCUT2D eigenvalue weighted by Gasteiger charge is 2.34. The van der Waals surface area contributed by atoms with Gasteiger partial charge < -0.3 is 9.64 Å². The van der Waals surface area contributed by atoms with E-state index in [2.05, 4.69) is 0 Å². The number of esters is 1. The van der Waals surface area contributed by atoms with Crippen molar-refractivity contribution in [3.05, 3.63) is 11.6 Å². The summed E-state index contributed by atoms with van der Waals surface area (Å²) in [5.41, 5.74) is 0.886. The molecule has 0 spiro atoms. The number of carbonyl (C=O) groups excluding carboxylic acids is 2. The van der Waals surface area contributed by atoms with Gasteiger partial charge in [-0.3, -0.25) is 4.79 Å². The Bertz CT molecular complexity index is 362. The smallest absolute Gasteiger partial charge is 0.328 e. The van der Waals surface area contributed by atoms with Crippen LogP contribution in [0, 0.1) is 0 Å². The van der Waals surface area contributed by atoms with Gasteiger partial charge in [0, 0.05) is 12.1 Å². The number of allylic oxidation sites excluding steroid dienone is 1. The van der Waals surface area contributed by atoms with Gasteiger partial charge in [-0.05, 0) is 44.9 Å². The highest BCUT2D eigenvalue weighted by atomic mass is 16.5. The Morgan fingerprint density at radius 1 is 1.28 bits per heavy atom. The Kier molecular flexibility index (Phi) is 4.39. The van der Waals surface area contributed by atoms with Gasteiger partial charge in [0.25, 0.3) is 0 Å². The number of amides is 1. The first-order valence-electron chi connectivity index (χ1n) is 6.82. The number of nitrogens with zero attached hydrogens (tertiary/aromatic N) is 1. The minimum atomic E-state index is -0.376. The van der Waals surface area contributed by atoms with Crippen LogP contribution in [0.1, 0.15) is 44.9 Å². The monoisotopic (exact) mass is 251 g/mol. The van der Waals surface area contributed by atoms with Crippen LogP contribution in [0.4, 0.5) is 0 Å². The van der Waals surface area contributed by atoms with Crippen molar-refractivity contribution < 1.29 is 14.3 Å². The molecule has 1 amide bonds. The number of piperidine rings is 1. The molecule has 2 rings (SSSR count). The van der Waals surface area contributed by atoms with E-state index < -0.39 is 0 Å². The molecule has 4 heteroatoms. The Morgan fingerprint density at radius 2 is 2.11 bits per heavy atom. The molecule has 1 fully saturated rings. The molecule has 1 saturated heterocycles. The summed E-state index contributed by atoms with van der Waals surface area (Å²) < 4.78 is 4.81. The van der Waals surface area contributed by atoms with Crippen molar-refractivity contribution in [1.29, 1.82) is 0 Å². The van der Waals surface area contributed by atoms with Gasteiger partial charge in [0.05, 0.1) is 7.11 Å². The quantitative estimate of drug-likeness (QED) is 0.706. The lowest BCUT2D eigenvalue weighted by atomic mass is 9.95. The third-order valence-corrected chi connectivity index (χ3v) is 3.80. The molecular formula is C14H21NO3. The topological polar surface area (TPSA) is 46.6 Å². The van der Waals surface area contributed by atoms with Crippen molar-refractivity contribution in [1.82, 2.24) is 4.90 Å². The molecule has 1 atom stereocenters. The number of rotatable bonds is 2. The summed E-state index contributed by atoms with van der Waals surface area (Å²) in [7, 11) is 1.39. The highest BCUT2D eigenvalue weighted by molar-refractivity contribution is 5.96. The van der Waals surface area contributed by atoms with Crippen LogP contribution in [0.2, 0.25) is 0 Å². The van der Waals surface area contributed by atoms with Crippen LogP contribution < -0.4 is 0 Å². The van der Waals surface area contributed by atoms with Gasteiger partial charge in [0.1, 0.15) is 6.04 Å². The van der Waals surface area contributed by atoms with E-state index in [0.29, 0.717) is 6.54 Å². The molecule has 0 aromatic carbocycles. The predicted molar refractivity (Wildman–Crippen MR) is 67.9 cm³/mol. The molecule has 0 bridgehead atoms. The fraction of sp³-hybridized carbons (Fsp3) is 0.714. The summed E-state index contributed by atoms with van der Waals surface area (Å²) in [6, 6.07) is -0.376. The Morgan fingerprint density at radius 3 is 2.78 bits per heavy atom. The lowest BCUT2D eigenvalue weighted by molar-refractivity contribution is -0.153. The molecule has 0 saturated carbocycles. The van der Waals surface area contributed by atoms with Gasteiger partial charge >= 0.3 is 5.97 Å². The van der Waals surface area contributed by atoms with Crippen LogP contribution >= 0.6 is 0 Å². The largest absolute Gasteiger partial charge is 0.467 e. The van der Waals surface area contributed by atoms with Crippen LogP contribution in [0.15, 0.2) is 11.6 Å². The average Bonchev–Trinajstić information content (AvgIpc) is 2.46. The molecule has 0 aromatic heterocycles. The maximum Gasteiger partial charge on any atom is 0.328 e. The second kappa shape index (κ2) is 6.03. The van der Waals surface area contributed by atoms with E-state index in [1.54, 1.807) is 4.90 Å². The number of methoxy groups -OCH3 is 1. The molecule has 1 heterocycles. The van der Waals surface area contributed by atoms with Crippen LogP contribution in [0.3, 0.4) is 0 Å². The van der Waals surface area contributed by atoms with Gasteiger partial charge in [-0.15, -0.1) is 0 Å². The summed E-state index contributed by atoms with van der Waals surface area (Å²) in [6.45, 7) is 0.677. The fourth-order valence-electron chi connectivity index (χ4n) is 2.77. The zero-order valence-corrected chi connectivity index (χ0v) is 11.0. The molecule has 18 heavy (non-hydrogen) atoms. The number of hydrogen-bond acceptors (Lipinski definition) is 3. The number of carbonyl (C=O) groups is 2. The van der Waals surface area contributed by atoms with E-state index in [1.807, 2.05) is 6.08 Å². The minimum absolute atomic E-state index is 0.0461. The van der Waals surface area contributed by atoms with Crippen LogP contribution in [0.25, 0.3) is 0 Å². The third-order valence-electron chi connectivity index (χ3n) is 3.80. The van der Waals surface area contributed by atoms with Gasteiger partial charge in [0.15, 0.2) is 0 Å². The Balaban J connectivity index is 2.10. The van der Waals surface area contributed by atoms with Crippen molar-refractivity contribution in [3.63, 3.8) is 0 Å². The fourth-order valence-corrected chi connectivity index (χ4v) is 2.77. The molecule has 100 valence electrons. The van der Waals surface area contributed by atoms with E-state index in [-0.39, 0.29) is 17.9 Å². The standard InChI is InChI=1S/C14H21NO3/c1-18-14(17)12-9-5-6-10-15(12)13(16)11-7-3-2-4-8-11/h7,12H,2-6,8-10H2,1H3. The number of ether oxygens (including phenoxy) is 1. The predicted octanol–water partition coefficient (Wildman–Crippen LogP) is 2.04. The first-order valence-corrected chi connectivity index (χ1v) is 6.82. The number of likely N-dealkylation sites (tertiary alicyclic amines) is 1. The summed E-state index contributed by atoms with van der Waals surface area (Å²) in [6.07, 6.45) is 8.81. The lowest BCUT2D eigenvalue weighted by Gasteiger charge is -2.34. The first kappa shape index (κ1) is 13.1. The van der Waals surface area contributed by atoms with E-state index in [0.717, 1.165) is 50.5 Å². The van der Waals surface area contributed by atoms with Gasteiger partial charge in [0.2, 0.25) is 5.91 Å². The normalized spacial score (nSPS) is 24.4. The van der Waals surface area contributed by atoms with Gasteiger partial charge in [-0.1, -0.05) is 6.08 Å². The highest BCUT2D eigenvalue weighted by Crippen LogP contribution is 2.24. The van der Waals surface area contributed by atoms with Crippen molar-refractivity contribution in [2.75, 3.05) is 13.7 Å². The van der Waals surface area contributed by atoms with Crippen molar-refractivity contribution in [2.24, 2.45) is 0 Å². The summed E-state index contributed by atoms with van der Waals surface area (Å²) in [5, 5.41) is 0. The van der Waals surface area contributed by atoms with Gasteiger partial charge in [-0.25, -0.2) is 4.79 Å². The molecular weight excluding hydrogens is 230 g/mol. The molecule has 2 aliphatic rings. The van der Waals surface area contributed by atoms with Gasteiger partial charge in [-0.2, -0.15) is 0 Å². The molecule has 0 radical (unpaired) electrons. The summed E-state index contributed by atoms with van der Waals surface area (Å²) in [4.78, 5) is 25.9. The molecule has 4 nitrogen and oxygen atoms in total. The van der Waals surface area contributed by atoms with Crippen LogP contribution in [0.5, 0.6) is 0 Å². The van der Waals surface area contributed by atoms with Crippen LogP contribution in [-0.4, -0.2) is 36.5 Å². The van der Waals surface area contributed by atoms with Crippen LogP contribution in [-0.2, 0) is 14.3 Å². The SMILES string of the molecule is COC(=O)C1CCCCN1C(=O)C1=CCCCC1. The van der Waals surface area contributed by atoms with E-state index in [1.165, 1.54) is 7.11 Å². The van der Waals surface area contributed by atoms with Crippen molar-refractivity contribution >= 4 is 11.9 Å². The molecule has 1 aliphatic heterocycles. The molecule has 1 unspecified atom stereocenters. The minimum Gasteiger partial charge on any atom is -0.467 e. The van der Waals surface area contributed by atoms with Crippen molar-refractivity contribution in [2.45, 2.75) is 51.0 Å². The second-order valence-electron chi connectivity index (χ2n) is 5.01. The molecule has 0 aromatic rings. The second-order valence-corrected chi connectivity index (χ2v) is 5.01. The molecule has 0 N–H and O–H groups in total. The van der Waals surface area contributed by atoms with E-state index >= 15 is 0 Å². The summed E-state index contributed by atoms with van der Waals surface area (Å²) in [5.74, 6) is -0.232. The maximum absolute atomic E-state index is 12.4. The Labute approximate surface area is 108 Å². The lowest BCUT2D eigenvalue weighted by Crippen LogP contribution is -2.49.